The summed E-state index contributed by atoms with van der Waals surface area (Å²) in [4.78, 5) is 0. The van der Waals surface area contributed by atoms with Crippen LogP contribution >= 0.6 is 0 Å². The molecule has 0 N–H and O–H groups in total. The van der Waals surface area contributed by atoms with E-state index in [0.717, 1.165) is 0 Å². The summed E-state index contributed by atoms with van der Waals surface area (Å²) in [6.45, 7) is 0. The molecule has 0 saturated heterocycles. The number of rotatable bonds is 0. The first-order valence-electron chi connectivity index (χ1n) is 4.33. The van der Waals surface area contributed by atoms with E-state index in [0.29, 0.717) is 0 Å². The van der Waals surface area contributed by atoms with Gasteiger partial charge in [0, 0.05) is 244 Å². The van der Waals surface area contributed by atoms with Gasteiger partial charge in [-0.1, -0.05) is 0 Å². The zero-order valence-corrected chi connectivity index (χ0v) is 33.1. The van der Waals surface area contributed by atoms with Crippen LogP contribution in [0.5, 0.6) is 0 Å². The average Bonchev–Trinajstić information content (AvgIpc) is 2.68. The molecule has 0 spiro atoms. The maximum atomic E-state index is 4.78. The average molecular weight is 866 g/mol. The van der Waals surface area contributed by atoms with Gasteiger partial charge < -0.3 is 0 Å². The summed E-state index contributed by atoms with van der Waals surface area (Å²) in [5.41, 5.74) is 0. The normalized spacial score (nSPS) is 7.56. The van der Waals surface area contributed by atoms with Crippen molar-refractivity contribution in [2.75, 3.05) is 0 Å². The molecule has 0 aliphatic rings. The Bertz CT molecular complexity index is 1440. The van der Waals surface area contributed by atoms with Crippen LogP contribution in [0.15, 0.2) is 0 Å². The van der Waals surface area contributed by atoms with Crippen LogP contribution in [0.4, 0.5) is 0 Å². The third-order valence-corrected chi connectivity index (χ3v) is 54.0. The molecule has 0 amide bonds. The second-order valence-electron chi connectivity index (χ2n) is 1.70. The van der Waals surface area contributed by atoms with Gasteiger partial charge in [-0.25, -0.2) is 0 Å². The molecule has 0 heterocycles. The third kappa shape index (κ3) is 31.9. The molecule has 27 heavy (non-hydrogen) atoms. The van der Waals surface area contributed by atoms with Gasteiger partial charge in [-0.15, -0.1) is 0 Å². The number of hydrogen-bond donors (Lipinski definition) is 0. The smallest absolute Gasteiger partial charge is 0 e. The van der Waals surface area contributed by atoms with Crippen LogP contribution in [0.3, 0.4) is 0 Å². The molecule has 0 aliphatic heterocycles. The van der Waals surface area contributed by atoms with Gasteiger partial charge in [0.15, 0.2) is 0 Å². The zero-order valence-electron chi connectivity index (χ0n) is 11.0. The highest BCUT2D eigenvalue weighted by Gasteiger charge is 1.43. The summed E-state index contributed by atoms with van der Waals surface area (Å²) in [7, 11) is 43.6. The summed E-state index contributed by atoms with van der Waals surface area (Å²) in [6.07, 6.45) is 0. The third-order valence-electron chi connectivity index (χ3n) is 0.667. The molecule has 0 rings (SSSR count). The Labute approximate surface area is 238 Å². The van der Waals surface area contributed by atoms with E-state index >= 15 is 0 Å². The van der Waals surface area contributed by atoms with Gasteiger partial charge in [-0.05, 0) is 0 Å². The molecule has 0 saturated carbocycles. The standard InChI is InChI=1S/S27/c1-3-5-7-9-11-13-15-17-19-21-23-25-27-26-24-22-20-18-16-14-12-10-8-6-4-2. The molecule has 27 heteroatoms. The monoisotopic (exact) mass is 863 g/mol. The van der Waals surface area contributed by atoms with Crippen LogP contribution in [0.25, 0.3) is 0 Å². The lowest BCUT2D eigenvalue weighted by Gasteiger charge is -1.40. The van der Waals surface area contributed by atoms with E-state index in [2.05, 4.69) is 0 Å². The summed E-state index contributed by atoms with van der Waals surface area (Å²) in [5.74, 6) is 0. The van der Waals surface area contributed by atoms with Gasteiger partial charge in [-0.3, -0.25) is 0 Å². The number of hydrogen-bond acceptors (Lipinski definition) is 2. The minimum atomic E-state index is 1.37. The van der Waals surface area contributed by atoms with E-state index in [9.17, 15) is 0 Å². The second-order valence-corrected chi connectivity index (χ2v) is 45.9. The Kier molecular flexibility index (Phi) is 39.0. The van der Waals surface area contributed by atoms with Crippen molar-refractivity contribution in [1.29, 1.82) is 0 Å². The lowest BCUT2D eigenvalue weighted by Crippen LogP contribution is -1.41. The maximum absolute atomic E-state index is 4.78. The van der Waals surface area contributed by atoms with Crippen molar-refractivity contribution in [2.45, 2.75) is 0 Å². The van der Waals surface area contributed by atoms with Crippen LogP contribution in [0, 0.1) is 0 Å². The minimum absolute atomic E-state index is 1.37. The molecule has 0 aromatic heterocycles. The Morgan fingerprint density at radius 1 is 0.185 bits per heavy atom. The molecule has 0 radical (unpaired) electrons. The first-order chi connectivity index (χ1) is 13.4. The van der Waals surface area contributed by atoms with Crippen LogP contribution < -0.4 is 0 Å². The largest absolute Gasteiger partial charge is 0 e. The van der Waals surface area contributed by atoms with E-state index in [1.54, 1.807) is 124 Å². The SMILES string of the molecule is S=S=S=S=S=S=S=S=S=S=S=S=S=S=S=S=S=S=S=S=S=S=S=S=S=S=S. The minimum Gasteiger partial charge on any atom is 0 e. The van der Waals surface area contributed by atoms with Crippen molar-refractivity contribution in [3.63, 3.8) is 0 Å². The van der Waals surface area contributed by atoms with Gasteiger partial charge in [-0.2, -0.15) is 0 Å². The zero-order chi connectivity index (χ0) is 19.7. The van der Waals surface area contributed by atoms with Crippen LogP contribution in [-0.4, -0.2) is 0 Å². The van der Waals surface area contributed by atoms with Gasteiger partial charge in [0.1, 0.15) is 0 Å². The van der Waals surface area contributed by atoms with Gasteiger partial charge in [0.2, 0.25) is 0 Å². The molecule has 0 atom stereocenters. The first-order valence-corrected chi connectivity index (χ1v) is 39.0. The molecule has 0 aliphatic carbocycles. The highest BCUT2D eigenvalue weighted by atomic mass is 33.5. The summed E-state index contributed by atoms with van der Waals surface area (Å²) in [5, 5.41) is 0. The Balaban J connectivity index is 5.91. The van der Waals surface area contributed by atoms with Crippen molar-refractivity contribution in [1.82, 2.24) is 0 Å². The highest BCUT2D eigenvalue weighted by molar-refractivity contribution is 8.79. The summed E-state index contributed by atoms with van der Waals surface area (Å²) < 4.78 is 0. The van der Waals surface area contributed by atoms with Crippen molar-refractivity contribution < 1.29 is 0 Å². The predicted octanol–water partition coefficient (Wildman–Crippen LogP) is -0.0648. The fraction of sp³-hybridized carbons (Fsp3) is 0. The van der Waals surface area contributed by atoms with E-state index in [4.69, 9.17) is 22.4 Å². The predicted molar refractivity (Wildman–Crippen MR) is 199 cm³/mol. The molecule has 0 aromatic rings. The Morgan fingerprint density at radius 2 is 0.296 bits per heavy atom. The molecular formula is S27. The molecular weight excluding hydrogens is 866 g/mol. The summed E-state index contributed by atoms with van der Waals surface area (Å²) in [6, 6.07) is 0. The van der Waals surface area contributed by atoms with Crippen LogP contribution in [-0.2, 0) is 244 Å². The van der Waals surface area contributed by atoms with Crippen molar-refractivity contribution in [2.24, 2.45) is 0 Å². The van der Waals surface area contributed by atoms with Crippen LogP contribution in [0.1, 0.15) is 0 Å². The molecule has 0 unspecified atom stereocenters. The maximum Gasteiger partial charge on any atom is 0 e. The molecule has 0 fully saturated rings. The fourth-order valence-corrected chi connectivity index (χ4v) is 63.4. The first kappa shape index (κ1) is 32.9. The van der Waals surface area contributed by atoms with Gasteiger partial charge in [0.05, 0.1) is 0 Å². The van der Waals surface area contributed by atoms with Crippen molar-refractivity contribution in [3.05, 3.63) is 0 Å². The van der Waals surface area contributed by atoms with E-state index < -0.39 is 0 Å². The molecule has 0 nitrogen and oxygen atoms in total. The van der Waals surface area contributed by atoms with Crippen LogP contribution in [0.2, 0.25) is 0 Å². The van der Waals surface area contributed by atoms with Crippen molar-refractivity contribution in [3.8, 4) is 0 Å². The highest BCUT2D eigenvalue weighted by Crippen LogP contribution is 1.42. The van der Waals surface area contributed by atoms with Crippen molar-refractivity contribution >= 4 is 244 Å². The quantitative estimate of drug-likeness (QED) is 0.335. The lowest BCUT2D eigenvalue weighted by molar-refractivity contribution is 5.96. The Morgan fingerprint density at radius 3 is 0.407 bits per heavy atom. The van der Waals surface area contributed by atoms with E-state index in [1.165, 1.54) is 17.8 Å². The van der Waals surface area contributed by atoms with Gasteiger partial charge in [0.25, 0.3) is 0 Å². The molecule has 0 aromatic carbocycles. The Hall–Kier alpha value is 5.94. The van der Waals surface area contributed by atoms with E-state index in [1.807, 2.05) is 79.9 Å². The molecule has 0 bridgehead atoms. The van der Waals surface area contributed by atoms with E-state index in [-0.39, 0.29) is 0 Å². The van der Waals surface area contributed by atoms with Gasteiger partial charge >= 0.3 is 0 Å². The second kappa shape index (κ2) is 31.9. The topological polar surface area (TPSA) is 0 Å². The summed E-state index contributed by atoms with van der Waals surface area (Å²) >= 11 is 9.56. The fourth-order valence-electron chi connectivity index (χ4n) is 0.261. The molecule has 162 valence electrons. The lowest BCUT2D eigenvalue weighted by atomic mass is 30.7.